The van der Waals surface area contributed by atoms with Crippen molar-refractivity contribution in [1.29, 1.82) is 10.5 Å². The van der Waals surface area contributed by atoms with E-state index in [1.165, 1.54) is 17.0 Å². The topological polar surface area (TPSA) is 162 Å². The molecule has 2 N–H and O–H groups in total. The second-order valence-corrected chi connectivity index (χ2v) is 15.7. The minimum absolute atomic E-state index is 0.0163. The van der Waals surface area contributed by atoms with E-state index in [0.717, 1.165) is 27.8 Å². The number of nitrogens with one attached hydrogen (secondary N) is 1. The fourth-order valence-electron chi connectivity index (χ4n) is 7.53. The largest absolute Gasteiger partial charge is 0.489 e. The molecule has 0 aliphatic carbocycles. The van der Waals surface area contributed by atoms with Crippen molar-refractivity contribution < 1.29 is 33.7 Å². The summed E-state index contributed by atoms with van der Waals surface area (Å²) in [7, 11) is 0. The van der Waals surface area contributed by atoms with Gasteiger partial charge in [0.25, 0.3) is 5.91 Å². The Morgan fingerprint density at radius 2 is 1.50 bits per heavy atom. The van der Waals surface area contributed by atoms with Crippen molar-refractivity contribution >= 4 is 41.0 Å². The van der Waals surface area contributed by atoms with E-state index in [1.807, 2.05) is 54.6 Å². The van der Waals surface area contributed by atoms with Crippen molar-refractivity contribution in [3.05, 3.63) is 182 Å². The van der Waals surface area contributed by atoms with Crippen LogP contribution in [0, 0.1) is 22.7 Å². The number of carboxylic acid groups (broad SMARTS) is 1. The molecule has 13 heteroatoms. The molecule has 0 radical (unpaired) electrons. The highest BCUT2D eigenvalue weighted by atomic mass is 35.5. The van der Waals surface area contributed by atoms with Gasteiger partial charge in [0.15, 0.2) is 17.6 Å². The van der Waals surface area contributed by atoms with Crippen molar-refractivity contribution in [2.75, 3.05) is 6.61 Å². The zero-order chi connectivity index (χ0) is 43.3. The van der Waals surface area contributed by atoms with E-state index in [9.17, 15) is 24.8 Å². The summed E-state index contributed by atoms with van der Waals surface area (Å²) in [5.74, 6) is -0.853. The number of amides is 2. The zero-order valence-corrected chi connectivity index (χ0v) is 34.4. The summed E-state index contributed by atoms with van der Waals surface area (Å²) >= 11 is 12.2. The van der Waals surface area contributed by atoms with Gasteiger partial charge in [-0.25, -0.2) is 4.79 Å². The molecule has 2 aliphatic heterocycles. The third-order valence-corrected chi connectivity index (χ3v) is 11.6. The summed E-state index contributed by atoms with van der Waals surface area (Å²) < 4.78 is 18.6. The number of halogens is 2. The van der Waals surface area contributed by atoms with E-state index < -0.39 is 36.0 Å². The van der Waals surface area contributed by atoms with Crippen LogP contribution in [0.1, 0.15) is 55.4 Å². The van der Waals surface area contributed by atoms with Crippen LogP contribution in [0.15, 0.2) is 127 Å². The van der Waals surface area contributed by atoms with Crippen LogP contribution < -0.4 is 19.5 Å². The van der Waals surface area contributed by atoms with Crippen LogP contribution in [-0.2, 0) is 35.6 Å². The molecule has 8 rings (SSSR count). The number of carbonyl (C=O) groups is 3. The third-order valence-electron chi connectivity index (χ3n) is 10.9. The van der Waals surface area contributed by atoms with Gasteiger partial charge < -0.3 is 29.5 Å². The van der Waals surface area contributed by atoms with Crippen LogP contribution in [0.25, 0.3) is 11.1 Å². The molecule has 0 saturated carbocycles. The highest BCUT2D eigenvalue weighted by Gasteiger charge is 2.39. The number of carboxylic acids is 1. The average Bonchev–Trinajstić information content (AvgIpc) is 3.30. The molecule has 0 spiro atoms. The smallest absolute Gasteiger partial charge is 0.326 e. The minimum atomic E-state index is -1.31. The maximum Gasteiger partial charge on any atom is 0.326 e. The molecule has 0 bridgehead atoms. The summed E-state index contributed by atoms with van der Waals surface area (Å²) in [6.07, 6.45) is -0.415. The van der Waals surface area contributed by atoms with Gasteiger partial charge in [-0.1, -0.05) is 89.9 Å². The first-order valence-corrected chi connectivity index (χ1v) is 20.4. The van der Waals surface area contributed by atoms with Crippen LogP contribution in [0.4, 0.5) is 0 Å². The fourth-order valence-corrected chi connectivity index (χ4v) is 7.85. The molecular formula is C49H36Cl2N4O7. The second-order valence-electron chi connectivity index (χ2n) is 14.9. The first kappa shape index (κ1) is 41.4. The first-order valence-electron chi connectivity index (χ1n) is 19.6. The van der Waals surface area contributed by atoms with E-state index in [-0.39, 0.29) is 37.1 Å². The highest BCUT2D eigenvalue weighted by molar-refractivity contribution is 6.42. The molecule has 11 nitrogen and oxygen atoms in total. The maximum atomic E-state index is 14.3. The molecule has 1 unspecified atom stereocenters. The Bertz CT molecular complexity index is 2770. The molecule has 2 amide bonds. The lowest BCUT2D eigenvalue weighted by molar-refractivity contribution is -0.142. The van der Waals surface area contributed by atoms with Crippen molar-refractivity contribution in [2.45, 2.75) is 44.2 Å². The fraction of sp³-hybridized carbons (Fsp3) is 0.163. The molecule has 0 saturated heterocycles. The Morgan fingerprint density at radius 3 is 2.19 bits per heavy atom. The van der Waals surface area contributed by atoms with Gasteiger partial charge in [-0.15, -0.1) is 0 Å². The lowest BCUT2D eigenvalue weighted by Gasteiger charge is -2.38. The average molecular weight is 864 g/mol. The van der Waals surface area contributed by atoms with E-state index in [0.29, 0.717) is 50.6 Å². The molecule has 0 fully saturated rings. The predicted molar refractivity (Wildman–Crippen MR) is 231 cm³/mol. The standard InChI is InChI=1S/C49H36Cl2N4O7/c50-40-18-9-31(19-41(40)51)27-60-38-16-14-34(15-17-38)46-28-61-44-22-36-21-43(55(26-37(36)23-45(44)62-46)48(57)39-4-2-1-3-35(39)25-53)47(56)54-42(49(58)59)20-29-5-10-32(11-6-29)33-12-7-30(24-52)8-13-33/h1-19,22-23,42-43,46H,20-21,26-28H2,(H,54,56)(H,58,59)/t42-,43?,46+/m0/s1. The van der Waals surface area contributed by atoms with Crippen molar-refractivity contribution in [3.8, 4) is 40.5 Å². The Morgan fingerprint density at radius 1 is 0.806 bits per heavy atom. The van der Waals surface area contributed by atoms with Crippen LogP contribution in [0.2, 0.25) is 10.0 Å². The van der Waals surface area contributed by atoms with Crippen molar-refractivity contribution in [3.63, 3.8) is 0 Å². The van der Waals surface area contributed by atoms with Gasteiger partial charge in [-0.2, -0.15) is 10.5 Å². The summed E-state index contributed by atoms with van der Waals surface area (Å²) in [5, 5.41) is 32.9. The van der Waals surface area contributed by atoms with E-state index >= 15 is 0 Å². The molecule has 2 heterocycles. The number of ether oxygens (including phenoxy) is 3. The van der Waals surface area contributed by atoms with Gasteiger partial charge in [-0.3, -0.25) is 9.59 Å². The van der Waals surface area contributed by atoms with Gasteiger partial charge in [0.2, 0.25) is 5.91 Å². The second kappa shape index (κ2) is 18.1. The molecule has 308 valence electrons. The number of aliphatic carboxylic acids is 1. The summed E-state index contributed by atoms with van der Waals surface area (Å²) in [6.45, 7) is 0.496. The van der Waals surface area contributed by atoms with Gasteiger partial charge >= 0.3 is 5.97 Å². The SMILES string of the molecule is N#Cc1ccc(-c2ccc(C[C@H](NC(=O)C3Cc4cc5c(cc4CN3C(=O)c3ccccc3C#N)O[C@@H](c3ccc(OCc4ccc(Cl)c(Cl)c4)cc3)CO5)C(=O)O)cc2)cc1. The number of nitriles is 2. The van der Waals surface area contributed by atoms with Crippen molar-refractivity contribution in [1.82, 2.24) is 10.2 Å². The normalized spacial score (nSPS) is 15.6. The number of fused-ring (bicyclic) bond motifs is 2. The van der Waals surface area contributed by atoms with Gasteiger partial charge in [0.1, 0.15) is 31.0 Å². The lowest BCUT2D eigenvalue weighted by Crippen LogP contribution is -2.56. The third kappa shape index (κ3) is 9.05. The summed E-state index contributed by atoms with van der Waals surface area (Å²) in [4.78, 5) is 42.5. The molecule has 0 aromatic heterocycles. The van der Waals surface area contributed by atoms with Crippen LogP contribution in [-0.4, -0.2) is 46.5 Å². The quantitative estimate of drug-likeness (QED) is 0.130. The number of rotatable bonds is 11. The summed E-state index contributed by atoms with van der Waals surface area (Å²) in [5.41, 5.74) is 6.43. The molecule has 3 atom stereocenters. The molecule has 6 aromatic rings. The maximum absolute atomic E-state index is 14.3. The van der Waals surface area contributed by atoms with Gasteiger partial charge in [0.05, 0.1) is 38.9 Å². The van der Waals surface area contributed by atoms with E-state index in [2.05, 4.69) is 17.5 Å². The number of hydrogen-bond acceptors (Lipinski definition) is 8. The molecular weight excluding hydrogens is 827 g/mol. The Hall–Kier alpha value is -7.31. The Labute approximate surface area is 367 Å². The molecule has 2 aliphatic rings. The molecule has 6 aromatic carbocycles. The van der Waals surface area contributed by atoms with Gasteiger partial charge in [0, 0.05) is 19.4 Å². The number of carbonyl (C=O) groups excluding carboxylic acids is 2. The van der Waals surface area contributed by atoms with E-state index in [4.69, 9.17) is 42.7 Å². The van der Waals surface area contributed by atoms with Crippen LogP contribution in [0.5, 0.6) is 17.2 Å². The highest BCUT2D eigenvalue weighted by Crippen LogP contribution is 2.41. The number of nitrogens with zero attached hydrogens (tertiary/aromatic N) is 3. The predicted octanol–water partition coefficient (Wildman–Crippen LogP) is 8.87. The first-order chi connectivity index (χ1) is 30.1. The van der Waals surface area contributed by atoms with Crippen LogP contribution in [0.3, 0.4) is 0 Å². The van der Waals surface area contributed by atoms with E-state index in [1.54, 1.807) is 60.7 Å². The number of hydrogen-bond donors (Lipinski definition) is 2. The van der Waals surface area contributed by atoms with Crippen LogP contribution >= 0.6 is 23.2 Å². The monoisotopic (exact) mass is 862 g/mol. The van der Waals surface area contributed by atoms with Crippen molar-refractivity contribution in [2.24, 2.45) is 0 Å². The Kier molecular flexibility index (Phi) is 12.1. The lowest BCUT2D eigenvalue weighted by atomic mass is 9.91. The summed E-state index contributed by atoms with van der Waals surface area (Å²) in [6, 6.07) is 38.9. The molecule has 62 heavy (non-hydrogen) atoms. The minimum Gasteiger partial charge on any atom is -0.489 e. The zero-order valence-electron chi connectivity index (χ0n) is 32.9. The Balaban J connectivity index is 0.998. The number of benzene rings is 6. The van der Waals surface area contributed by atoms with Gasteiger partial charge in [-0.05, 0) is 99.6 Å².